The zero-order valence-corrected chi connectivity index (χ0v) is 9.69. The molecule has 0 amide bonds. The zero-order chi connectivity index (χ0) is 12.7. The van der Waals surface area contributed by atoms with E-state index in [1.807, 2.05) is 12.1 Å². The van der Waals surface area contributed by atoms with Gasteiger partial charge in [-0.05, 0) is 12.1 Å². The van der Waals surface area contributed by atoms with E-state index in [0.29, 0.717) is 16.4 Å². The van der Waals surface area contributed by atoms with Crippen LogP contribution in [0.1, 0.15) is 10.5 Å². The Morgan fingerprint density at radius 2 is 2.11 bits per heavy atom. The number of nitrogens with one attached hydrogen (secondary N) is 2. The standard InChI is InChI=1S/C11H7ClN4O2/c12-10-6-3-1-2-5(9(6)15-16-10)7-4-8(11(17)18)14-13-7/h1-4H,(H,13,14)(H,15,16)(H,17,18). The molecule has 0 aliphatic rings. The van der Waals surface area contributed by atoms with Crippen LogP contribution in [0, 0.1) is 0 Å². The molecule has 0 unspecified atom stereocenters. The summed E-state index contributed by atoms with van der Waals surface area (Å²) in [6.45, 7) is 0. The molecule has 0 saturated heterocycles. The molecule has 90 valence electrons. The monoisotopic (exact) mass is 262 g/mol. The molecule has 0 bridgehead atoms. The minimum atomic E-state index is -1.05. The van der Waals surface area contributed by atoms with Crippen LogP contribution in [0.25, 0.3) is 22.2 Å². The Kier molecular flexibility index (Phi) is 2.31. The molecule has 2 aromatic heterocycles. The second-order valence-electron chi connectivity index (χ2n) is 3.71. The first-order chi connectivity index (χ1) is 8.66. The Morgan fingerprint density at radius 1 is 1.28 bits per heavy atom. The summed E-state index contributed by atoms with van der Waals surface area (Å²) in [4.78, 5) is 10.8. The SMILES string of the molecule is O=C(O)c1cc(-c2cccc3c(Cl)[nH]nc23)n[nH]1. The van der Waals surface area contributed by atoms with Crippen molar-refractivity contribution < 1.29 is 9.90 Å². The van der Waals surface area contributed by atoms with Crippen molar-refractivity contribution in [1.82, 2.24) is 20.4 Å². The van der Waals surface area contributed by atoms with Crippen LogP contribution in [0.5, 0.6) is 0 Å². The summed E-state index contributed by atoms with van der Waals surface area (Å²) >= 11 is 5.95. The third kappa shape index (κ3) is 1.54. The van der Waals surface area contributed by atoms with E-state index < -0.39 is 5.97 Å². The van der Waals surface area contributed by atoms with Crippen LogP contribution >= 0.6 is 11.6 Å². The van der Waals surface area contributed by atoms with E-state index in [1.54, 1.807) is 6.07 Å². The van der Waals surface area contributed by atoms with Crippen LogP contribution in [0.4, 0.5) is 0 Å². The lowest BCUT2D eigenvalue weighted by molar-refractivity contribution is 0.0690. The van der Waals surface area contributed by atoms with Gasteiger partial charge in [-0.25, -0.2) is 4.79 Å². The van der Waals surface area contributed by atoms with Gasteiger partial charge in [0, 0.05) is 10.9 Å². The van der Waals surface area contributed by atoms with Crippen molar-refractivity contribution >= 4 is 28.5 Å². The molecule has 0 aliphatic carbocycles. The highest BCUT2D eigenvalue weighted by molar-refractivity contribution is 6.34. The summed E-state index contributed by atoms with van der Waals surface area (Å²) < 4.78 is 0. The highest BCUT2D eigenvalue weighted by Crippen LogP contribution is 2.29. The van der Waals surface area contributed by atoms with Gasteiger partial charge in [-0.1, -0.05) is 23.7 Å². The molecule has 0 fully saturated rings. The molecule has 0 aliphatic heterocycles. The van der Waals surface area contributed by atoms with Gasteiger partial charge in [0.05, 0.1) is 5.69 Å². The number of aromatic carboxylic acids is 1. The molecule has 1 aromatic carbocycles. The predicted molar refractivity (Wildman–Crippen MR) is 65.6 cm³/mol. The van der Waals surface area contributed by atoms with Gasteiger partial charge in [0.15, 0.2) is 0 Å². The van der Waals surface area contributed by atoms with Crippen molar-refractivity contribution in [2.45, 2.75) is 0 Å². The van der Waals surface area contributed by atoms with Crippen LogP contribution < -0.4 is 0 Å². The number of hydrogen-bond donors (Lipinski definition) is 3. The number of aromatic nitrogens is 4. The molecule has 3 rings (SSSR count). The van der Waals surface area contributed by atoms with E-state index in [1.165, 1.54) is 6.07 Å². The van der Waals surface area contributed by atoms with E-state index in [-0.39, 0.29) is 5.69 Å². The number of nitrogens with zero attached hydrogens (tertiary/aromatic N) is 2. The maximum Gasteiger partial charge on any atom is 0.353 e. The fraction of sp³-hybridized carbons (Fsp3) is 0. The van der Waals surface area contributed by atoms with E-state index >= 15 is 0 Å². The largest absolute Gasteiger partial charge is 0.477 e. The number of benzene rings is 1. The summed E-state index contributed by atoms with van der Waals surface area (Å²) in [5.74, 6) is -1.05. The third-order valence-corrected chi connectivity index (χ3v) is 2.91. The average molecular weight is 263 g/mol. The number of fused-ring (bicyclic) bond motifs is 1. The Labute approximate surface area is 106 Å². The van der Waals surface area contributed by atoms with Crippen LogP contribution in [-0.4, -0.2) is 31.5 Å². The minimum absolute atomic E-state index is 0.0311. The van der Waals surface area contributed by atoms with Crippen molar-refractivity contribution in [3.05, 3.63) is 35.1 Å². The number of carboxylic acid groups (broad SMARTS) is 1. The van der Waals surface area contributed by atoms with E-state index in [4.69, 9.17) is 16.7 Å². The molecule has 6 nitrogen and oxygen atoms in total. The van der Waals surface area contributed by atoms with Crippen molar-refractivity contribution in [2.24, 2.45) is 0 Å². The smallest absolute Gasteiger partial charge is 0.353 e. The predicted octanol–water partition coefficient (Wildman–Crippen LogP) is 2.30. The molecular weight excluding hydrogens is 256 g/mol. The number of carboxylic acids is 1. The first-order valence-corrected chi connectivity index (χ1v) is 5.46. The van der Waals surface area contributed by atoms with Crippen molar-refractivity contribution in [3.8, 4) is 11.3 Å². The van der Waals surface area contributed by atoms with Gasteiger partial charge in [-0.15, -0.1) is 0 Å². The number of H-pyrrole nitrogens is 2. The van der Waals surface area contributed by atoms with Crippen LogP contribution in [0.15, 0.2) is 24.3 Å². The first kappa shape index (κ1) is 10.8. The number of rotatable bonds is 2. The van der Waals surface area contributed by atoms with Crippen molar-refractivity contribution in [1.29, 1.82) is 0 Å². The fourth-order valence-corrected chi connectivity index (χ4v) is 1.98. The molecule has 2 heterocycles. The Hall–Kier alpha value is -2.34. The summed E-state index contributed by atoms with van der Waals surface area (Å²) in [5, 5.41) is 23.3. The maximum atomic E-state index is 10.8. The van der Waals surface area contributed by atoms with E-state index in [9.17, 15) is 4.79 Å². The lowest BCUT2D eigenvalue weighted by atomic mass is 10.1. The Balaban J connectivity index is 2.21. The quantitative estimate of drug-likeness (QED) is 0.660. The van der Waals surface area contributed by atoms with Crippen molar-refractivity contribution in [2.75, 3.05) is 0 Å². The molecule has 3 N–H and O–H groups in total. The molecule has 0 spiro atoms. The van der Waals surface area contributed by atoms with Gasteiger partial charge in [0.25, 0.3) is 0 Å². The molecule has 18 heavy (non-hydrogen) atoms. The number of aromatic amines is 2. The molecule has 0 atom stereocenters. The molecule has 7 heteroatoms. The van der Waals surface area contributed by atoms with Gasteiger partial charge in [0.1, 0.15) is 16.4 Å². The van der Waals surface area contributed by atoms with Crippen LogP contribution in [0.2, 0.25) is 5.15 Å². The normalized spacial score (nSPS) is 10.9. The average Bonchev–Trinajstić information content (AvgIpc) is 2.97. The minimum Gasteiger partial charge on any atom is -0.477 e. The number of halogens is 1. The van der Waals surface area contributed by atoms with E-state index in [2.05, 4.69) is 20.4 Å². The molecular formula is C11H7ClN4O2. The lowest BCUT2D eigenvalue weighted by Gasteiger charge is -1.96. The van der Waals surface area contributed by atoms with Crippen molar-refractivity contribution in [3.63, 3.8) is 0 Å². The molecule has 3 aromatic rings. The van der Waals surface area contributed by atoms with E-state index in [0.717, 1.165) is 10.9 Å². The van der Waals surface area contributed by atoms with Gasteiger partial charge in [-0.3, -0.25) is 10.2 Å². The summed E-state index contributed by atoms with van der Waals surface area (Å²) in [5.41, 5.74) is 1.93. The van der Waals surface area contributed by atoms with Gasteiger partial charge >= 0.3 is 5.97 Å². The second kappa shape index (κ2) is 3.85. The summed E-state index contributed by atoms with van der Waals surface area (Å²) in [7, 11) is 0. The summed E-state index contributed by atoms with van der Waals surface area (Å²) in [6.07, 6.45) is 0. The second-order valence-corrected chi connectivity index (χ2v) is 4.09. The van der Waals surface area contributed by atoms with Gasteiger partial charge in [-0.2, -0.15) is 10.2 Å². The Morgan fingerprint density at radius 3 is 2.83 bits per heavy atom. The topological polar surface area (TPSA) is 94.7 Å². The highest BCUT2D eigenvalue weighted by Gasteiger charge is 2.14. The maximum absolute atomic E-state index is 10.8. The zero-order valence-electron chi connectivity index (χ0n) is 8.94. The highest BCUT2D eigenvalue weighted by atomic mass is 35.5. The number of para-hydroxylation sites is 1. The summed E-state index contributed by atoms with van der Waals surface area (Å²) in [6, 6.07) is 6.91. The first-order valence-electron chi connectivity index (χ1n) is 5.08. The number of carbonyl (C=O) groups is 1. The fourth-order valence-electron chi connectivity index (χ4n) is 1.78. The molecule has 0 saturated carbocycles. The van der Waals surface area contributed by atoms with Gasteiger partial charge in [0.2, 0.25) is 0 Å². The molecule has 0 radical (unpaired) electrons. The third-order valence-electron chi connectivity index (χ3n) is 2.62. The Bertz CT molecular complexity index is 746. The van der Waals surface area contributed by atoms with Crippen LogP contribution in [0.3, 0.4) is 0 Å². The lowest BCUT2D eigenvalue weighted by Crippen LogP contribution is -1.95. The van der Waals surface area contributed by atoms with Crippen LogP contribution in [-0.2, 0) is 0 Å². The van der Waals surface area contributed by atoms with Gasteiger partial charge < -0.3 is 5.11 Å². The number of hydrogen-bond acceptors (Lipinski definition) is 3.